The summed E-state index contributed by atoms with van der Waals surface area (Å²) in [5.74, 6) is -0.335. The quantitative estimate of drug-likeness (QED) is 0.795. The first-order valence-electron chi connectivity index (χ1n) is 6.69. The largest absolute Gasteiger partial charge is 0.497 e. The third kappa shape index (κ3) is 3.50. The number of hydrogen-bond acceptors (Lipinski definition) is 3. The second-order valence-electron chi connectivity index (χ2n) is 5.18. The number of nitrogens with one attached hydrogen (secondary N) is 1. The molecule has 0 bridgehead atoms. The smallest absolute Gasteiger partial charge is 0.303 e. The minimum Gasteiger partial charge on any atom is -0.497 e. The van der Waals surface area contributed by atoms with Crippen LogP contribution in [0.25, 0.3) is 0 Å². The second-order valence-corrected chi connectivity index (χ2v) is 5.18. The van der Waals surface area contributed by atoms with Gasteiger partial charge in [0, 0.05) is 18.4 Å². The van der Waals surface area contributed by atoms with Gasteiger partial charge < -0.3 is 15.2 Å². The maximum Gasteiger partial charge on any atom is 0.303 e. The highest BCUT2D eigenvalue weighted by Crippen LogP contribution is 2.47. The predicted octanol–water partition coefficient (Wildman–Crippen LogP) is 1.71. The van der Waals surface area contributed by atoms with E-state index in [1.54, 1.807) is 7.11 Å². The molecule has 0 unspecified atom stereocenters. The maximum atomic E-state index is 11.6. The predicted molar refractivity (Wildman–Crippen MR) is 73.8 cm³/mol. The van der Waals surface area contributed by atoms with Gasteiger partial charge in [-0.1, -0.05) is 12.1 Å². The van der Waals surface area contributed by atoms with Gasteiger partial charge in [-0.2, -0.15) is 0 Å². The van der Waals surface area contributed by atoms with Crippen LogP contribution in [0.1, 0.15) is 31.2 Å². The standard InChI is InChI=1S/C15H19NO4/c1-20-12-4-2-11(3-5-12)15(8-9-15)10-16-13(17)6-7-14(18)19/h2-5H,6-10H2,1H3,(H,16,17)(H,18,19). The van der Waals surface area contributed by atoms with Crippen LogP contribution in [-0.4, -0.2) is 30.6 Å². The van der Waals surface area contributed by atoms with E-state index in [1.165, 1.54) is 5.56 Å². The van der Waals surface area contributed by atoms with Crippen molar-refractivity contribution in [3.8, 4) is 5.75 Å². The third-order valence-corrected chi connectivity index (χ3v) is 3.75. The van der Waals surface area contributed by atoms with Crippen LogP contribution in [0.2, 0.25) is 0 Å². The molecule has 2 N–H and O–H groups in total. The molecule has 108 valence electrons. The van der Waals surface area contributed by atoms with Crippen LogP contribution in [0, 0.1) is 0 Å². The van der Waals surface area contributed by atoms with E-state index in [0.29, 0.717) is 6.54 Å². The Morgan fingerprint density at radius 2 is 1.90 bits per heavy atom. The van der Waals surface area contributed by atoms with Crippen molar-refractivity contribution in [2.75, 3.05) is 13.7 Å². The van der Waals surface area contributed by atoms with Gasteiger partial charge in [-0.15, -0.1) is 0 Å². The Morgan fingerprint density at radius 3 is 2.40 bits per heavy atom. The average Bonchev–Trinajstić information content (AvgIpc) is 3.24. The van der Waals surface area contributed by atoms with Crippen LogP contribution in [0.4, 0.5) is 0 Å². The summed E-state index contributed by atoms with van der Waals surface area (Å²) in [5.41, 5.74) is 1.21. The van der Waals surface area contributed by atoms with Crippen molar-refractivity contribution in [3.05, 3.63) is 29.8 Å². The first kappa shape index (κ1) is 14.4. The topological polar surface area (TPSA) is 75.6 Å². The number of rotatable bonds is 7. The Labute approximate surface area is 117 Å². The Kier molecular flexibility index (Phi) is 4.27. The molecule has 0 heterocycles. The number of carboxylic acids is 1. The van der Waals surface area contributed by atoms with Gasteiger partial charge in [-0.05, 0) is 30.5 Å². The molecule has 1 aromatic carbocycles. The zero-order valence-electron chi connectivity index (χ0n) is 11.5. The van der Waals surface area contributed by atoms with Gasteiger partial charge in [-0.3, -0.25) is 9.59 Å². The fourth-order valence-electron chi connectivity index (χ4n) is 2.24. The van der Waals surface area contributed by atoms with E-state index in [0.717, 1.165) is 18.6 Å². The van der Waals surface area contributed by atoms with Crippen molar-refractivity contribution in [2.24, 2.45) is 0 Å². The summed E-state index contributed by atoms with van der Waals surface area (Å²) < 4.78 is 5.13. The number of methoxy groups -OCH3 is 1. The van der Waals surface area contributed by atoms with Crippen molar-refractivity contribution in [1.82, 2.24) is 5.32 Å². The maximum absolute atomic E-state index is 11.6. The fourth-order valence-corrected chi connectivity index (χ4v) is 2.24. The summed E-state index contributed by atoms with van der Waals surface area (Å²) in [6, 6.07) is 7.88. The minimum absolute atomic E-state index is 0.0190. The lowest BCUT2D eigenvalue weighted by molar-refractivity contribution is -0.138. The van der Waals surface area contributed by atoms with E-state index in [4.69, 9.17) is 9.84 Å². The molecule has 1 fully saturated rings. The highest BCUT2D eigenvalue weighted by atomic mass is 16.5. The van der Waals surface area contributed by atoms with Gasteiger partial charge in [0.15, 0.2) is 0 Å². The van der Waals surface area contributed by atoms with E-state index < -0.39 is 5.97 Å². The average molecular weight is 277 g/mol. The number of carbonyl (C=O) groups is 2. The van der Waals surface area contributed by atoms with Crippen LogP contribution < -0.4 is 10.1 Å². The summed E-state index contributed by atoms with van der Waals surface area (Å²) in [4.78, 5) is 22.0. The number of benzene rings is 1. The zero-order chi connectivity index (χ0) is 14.6. The summed E-state index contributed by atoms with van der Waals surface area (Å²) in [5, 5.41) is 11.4. The van der Waals surface area contributed by atoms with Crippen LogP contribution >= 0.6 is 0 Å². The molecular formula is C15H19NO4. The number of aliphatic carboxylic acids is 1. The fraction of sp³-hybridized carbons (Fsp3) is 0.467. The molecule has 0 aliphatic heterocycles. The molecule has 0 radical (unpaired) electrons. The Morgan fingerprint density at radius 1 is 1.25 bits per heavy atom. The highest BCUT2D eigenvalue weighted by molar-refractivity contribution is 5.80. The molecule has 1 saturated carbocycles. The lowest BCUT2D eigenvalue weighted by Gasteiger charge is -2.17. The number of carboxylic acid groups (broad SMARTS) is 1. The SMILES string of the molecule is COc1ccc(C2(CNC(=O)CCC(=O)O)CC2)cc1. The number of ether oxygens (including phenoxy) is 1. The second kappa shape index (κ2) is 5.94. The highest BCUT2D eigenvalue weighted by Gasteiger charge is 2.44. The van der Waals surface area contributed by atoms with Gasteiger partial charge >= 0.3 is 5.97 Å². The molecular weight excluding hydrogens is 258 g/mol. The van der Waals surface area contributed by atoms with Crippen molar-refractivity contribution in [1.29, 1.82) is 0 Å². The number of amides is 1. The van der Waals surface area contributed by atoms with Crippen LogP contribution in [-0.2, 0) is 15.0 Å². The summed E-state index contributed by atoms with van der Waals surface area (Å²) >= 11 is 0. The van der Waals surface area contributed by atoms with E-state index >= 15 is 0 Å². The van der Waals surface area contributed by atoms with E-state index in [-0.39, 0.29) is 24.2 Å². The Balaban J connectivity index is 1.88. The molecule has 0 saturated heterocycles. The molecule has 0 spiro atoms. The van der Waals surface area contributed by atoms with E-state index in [2.05, 4.69) is 5.32 Å². The Bertz CT molecular complexity index is 491. The summed E-state index contributed by atoms with van der Waals surface area (Å²) in [6.45, 7) is 0.567. The zero-order valence-corrected chi connectivity index (χ0v) is 11.5. The molecule has 1 aromatic rings. The summed E-state index contributed by atoms with van der Waals surface area (Å²) in [7, 11) is 1.63. The molecule has 5 heteroatoms. The molecule has 0 atom stereocenters. The summed E-state index contributed by atoms with van der Waals surface area (Å²) in [6.07, 6.45) is 1.99. The van der Waals surface area contributed by atoms with Gasteiger partial charge in [-0.25, -0.2) is 0 Å². The van der Waals surface area contributed by atoms with Gasteiger partial charge in [0.25, 0.3) is 0 Å². The Hall–Kier alpha value is -2.04. The van der Waals surface area contributed by atoms with Crippen molar-refractivity contribution in [3.63, 3.8) is 0 Å². The van der Waals surface area contributed by atoms with E-state index in [1.807, 2.05) is 24.3 Å². The van der Waals surface area contributed by atoms with Crippen LogP contribution in [0.15, 0.2) is 24.3 Å². The van der Waals surface area contributed by atoms with Gasteiger partial charge in [0.2, 0.25) is 5.91 Å². The molecule has 1 aliphatic carbocycles. The first-order valence-corrected chi connectivity index (χ1v) is 6.69. The molecule has 20 heavy (non-hydrogen) atoms. The van der Waals surface area contributed by atoms with Gasteiger partial charge in [0.1, 0.15) is 5.75 Å². The third-order valence-electron chi connectivity index (χ3n) is 3.75. The minimum atomic E-state index is -0.948. The van der Waals surface area contributed by atoms with Crippen molar-refractivity contribution < 1.29 is 19.4 Å². The van der Waals surface area contributed by atoms with Crippen LogP contribution in [0.3, 0.4) is 0 Å². The molecule has 1 aliphatic rings. The lowest BCUT2D eigenvalue weighted by Crippen LogP contribution is -2.32. The van der Waals surface area contributed by atoms with E-state index in [9.17, 15) is 9.59 Å². The molecule has 2 rings (SSSR count). The van der Waals surface area contributed by atoms with Crippen LogP contribution in [0.5, 0.6) is 5.75 Å². The normalized spacial score (nSPS) is 15.4. The number of hydrogen-bond donors (Lipinski definition) is 2. The monoisotopic (exact) mass is 277 g/mol. The first-order chi connectivity index (χ1) is 9.55. The van der Waals surface area contributed by atoms with Crippen molar-refractivity contribution in [2.45, 2.75) is 31.1 Å². The van der Waals surface area contributed by atoms with Crippen molar-refractivity contribution >= 4 is 11.9 Å². The van der Waals surface area contributed by atoms with Gasteiger partial charge in [0.05, 0.1) is 13.5 Å². The molecule has 0 aromatic heterocycles. The molecule has 1 amide bonds. The number of carbonyl (C=O) groups excluding carboxylic acids is 1. The lowest BCUT2D eigenvalue weighted by atomic mass is 9.96. The molecule has 5 nitrogen and oxygen atoms in total.